The van der Waals surface area contributed by atoms with E-state index in [4.69, 9.17) is 4.74 Å². The number of H-pyrrole nitrogens is 1. The van der Waals surface area contributed by atoms with Crippen LogP contribution in [0, 0.1) is 5.92 Å². The lowest BCUT2D eigenvalue weighted by Crippen LogP contribution is -2.36. The molecule has 2 heterocycles. The van der Waals surface area contributed by atoms with Gasteiger partial charge in [0.25, 0.3) is 0 Å². The normalized spacial score (nSPS) is 20.7. The molecule has 1 saturated heterocycles. The molecule has 5 nitrogen and oxygen atoms in total. The smallest absolute Gasteiger partial charge is 0.228 e. The second-order valence-corrected chi connectivity index (χ2v) is 4.21. The number of carbonyl (C=O) groups excluding carboxylic acids is 1. The molecule has 2 rings (SSSR count). The Morgan fingerprint density at radius 2 is 2.62 bits per heavy atom. The minimum absolute atomic E-state index is 0.0330. The summed E-state index contributed by atoms with van der Waals surface area (Å²) < 4.78 is 5.32. The summed E-state index contributed by atoms with van der Waals surface area (Å²) in [5.41, 5.74) is 1.02. The molecule has 5 heteroatoms. The maximum atomic E-state index is 12.0. The Morgan fingerprint density at radius 3 is 3.25 bits per heavy atom. The summed E-state index contributed by atoms with van der Waals surface area (Å²) in [5, 5.41) is 6.60. The van der Waals surface area contributed by atoms with Gasteiger partial charge in [0, 0.05) is 32.0 Å². The van der Waals surface area contributed by atoms with Crippen molar-refractivity contribution in [1.82, 2.24) is 15.1 Å². The molecule has 1 unspecified atom stereocenters. The van der Waals surface area contributed by atoms with Crippen LogP contribution in [0.15, 0.2) is 12.4 Å². The number of hydrogen-bond donors (Lipinski definition) is 1. The van der Waals surface area contributed by atoms with Crippen LogP contribution >= 0.6 is 0 Å². The standard InChI is InChI=1S/C11H17N3O2/c1-14(7-9-5-12-13-6-9)11(15)10-3-2-4-16-8-10/h5-6,10H,2-4,7-8H2,1H3,(H,12,13). The van der Waals surface area contributed by atoms with Crippen LogP contribution in [-0.4, -0.2) is 41.3 Å². The lowest BCUT2D eigenvalue weighted by atomic mass is 10.0. The number of rotatable bonds is 3. The highest BCUT2D eigenvalue weighted by Gasteiger charge is 2.24. The number of ether oxygens (including phenoxy) is 1. The Hall–Kier alpha value is -1.36. The summed E-state index contributed by atoms with van der Waals surface area (Å²) >= 11 is 0. The summed E-state index contributed by atoms with van der Waals surface area (Å²) in [4.78, 5) is 13.8. The second kappa shape index (κ2) is 5.12. The van der Waals surface area contributed by atoms with Gasteiger partial charge in [-0.3, -0.25) is 9.89 Å². The average Bonchev–Trinajstić information content (AvgIpc) is 2.82. The van der Waals surface area contributed by atoms with Gasteiger partial charge in [-0.05, 0) is 12.8 Å². The maximum absolute atomic E-state index is 12.0. The largest absolute Gasteiger partial charge is 0.381 e. The van der Waals surface area contributed by atoms with Crippen LogP contribution in [0.25, 0.3) is 0 Å². The van der Waals surface area contributed by atoms with E-state index in [9.17, 15) is 4.79 Å². The van der Waals surface area contributed by atoms with Gasteiger partial charge in [0.15, 0.2) is 0 Å². The van der Waals surface area contributed by atoms with Crippen molar-refractivity contribution in [2.45, 2.75) is 19.4 Å². The van der Waals surface area contributed by atoms with E-state index in [0.717, 1.165) is 25.0 Å². The van der Waals surface area contributed by atoms with Crippen molar-refractivity contribution in [3.8, 4) is 0 Å². The van der Waals surface area contributed by atoms with Crippen LogP contribution in [0.5, 0.6) is 0 Å². The van der Waals surface area contributed by atoms with Crippen LogP contribution < -0.4 is 0 Å². The minimum atomic E-state index is 0.0330. The van der Waals surface area contributed by atoms with Crippen LogP contribution in [0.1, 0.15) is 18.4 Å². The number of aromatic nitrogens is 2. The molecule has 0 radical (unpaired) electrons. The number of aromatic amines is 1. The topological polar surface area (TPSA) is 58.2 Å². The lowest BCUT2D eigenvalue weighted by Gasteiger charge is -2.26. The van der Waals surface area contributed by atoms with Gasteiger partial charge in [-0.25, -0.2) is 0 Å². The Kier molecular flexibility index (Phi) is 3.56. The lowest BCUT2D eigenvalue weighted by molar-refractivity contribution is -0.138. The third kappa shape index (κ3) is 2.61. The summed E-state index contributed by atoms with van der Waals surface area (Å²) in [5.74, 6) is 0.201. The molecule has 0 bridgehead atoms. The molecule has 1 atom stereocenters. The number of nitrogens with zero attached hydrogens (tertiary/aromatic N) is 2. The Bertz CT molecular complexity index is 331. The van der Waals surface area contributed by atoms with Gasteiger partial charge in [0.1, 0.15) is 0 Å². The zero-order chi connectivity index (χ0) is 11.4. The second-order valence-electron chi connectivity index (χ2n) is 4.21. The first-order valence-electron chi connectivity index (χ1n) is 5.58. The first kappa shape index (κ1) is 11.1. The van der Waals surface area contributed by atoms with Crippen molar-refractivity contribution in [3.63, 3.8) is 0 Å². The van der Waals surface area contributed by atoms with Crippen LogP contribution in [-0.2, 0) is 16.1 Å². The predicted octanol–water partition coefficient (Wildman–Crippen LogP) is 0.795. The zero-order valence-electron chi connectivity index (χ0n) is 9.48. The molecular formula is C11H17N3O2. The van der Waals surface area contributed by atoms with Gasteiger partial charge < -0.3 is 9.64 Å². The van der Waals surface area contributed by atoms with Crippen molar-refractivity contribution >= 4 is 5.91 Å². The molecule has 1 aliphatic rings. The minimum Gasteiger partial charge on any atom is -0.381 e. The fraction of sp³-hybridized carbons (Fsp3) is 0.636. The number of amides is 1. The van der Waals surface area contributed by atoms with E-state index < -0.39 is 0 Å². The van der Waals surface area contributed by atoms with E-state index in [0.29, 0.717) is 13.2 Å². The number of hydrogen-bond acceptors (Lipinski definition) is 3. The molecule has 1 fully saturated rings. The highest BCUT2D eigenvalue weighted by atomic mass is 16.5. The van der Waals surface area contributed by atoms with Gasteiger partial charge in [-0.15, -0.1) is 0 Å². The first-order valence-corrected chi connectivity index (χ1v) is 5.58. The number of nitrogens with one attached hydrogen (secondary N) is 1. The summed E-state index contributed by atoms with van der Waals surface area (Å²) in [6.45, 7) is 1.95. The molecule has 0 aliphatic carbocycles. The van der Waals surface area contributed by atoms with E-state index in [1.54, 1.807) is 17.3 Å². The van der Waals surface area contributed by atoms with Gasteiger partial charge >= 0.3 is 0 Å². The average molecular weight is 223 g/mol. The van der Waals surface area contributed by atoms with E-state index in [1.165, 1.54) is 0 Å². The molecule has 0 aromatic carbocycles. The molecule has 1 N–H and O–H groups in total. The fourth-order valence-electron chi connectivity index (χ4n) is 1.96. The van der Waals surface area contributed by atoms with Crippen molar-refractivity contribution in [3.05, 3.63) is 18.0 Å². The Morgan fingerprint density at radius 1 is 1.75 bits per heavy atom. The van der Waals surface area contributed by atoms with Gasteiger partial charge in [-0.2, -0.15) is 5.10 Å². The molecule has 1 aromatic rings. The Balaban J connectivity index is 1.88. The molecule has 0 spiro atoms. The third-order valence-electron chi connectivity index (χ3n) is 2.86. The first-order chi connectivity index (χ1) is 7.77. The quantitative estimate of drug-likeness (QED) is 0.824. The monoisotopic (exact) mass is 223 g/mol. The van der Waals surface area contributed by atoms with Crippen molar-refractivity contribution < 1.29 is 9.53 Å². The third-order valence-corrected chi connectivity index (χ3v) is 2.86. The molecule has 1 aromatic heterocycles. The van der Waals surface area contributed by atoms with Crippen LogP contribution in [0.2, 0.25) is 0 Å². The molecule has 88 valence electrons. The van der Waals surface area contributed by atoms with E-state index in [1.807, 2.05) is 7.05 Å². The zero-order valence-corrected chi connectivity index (χ0v) is 9.48. The van der Waals surface area contributed by atoms with Crippen molar-refractivity contribution in [2.24, 2.45) is 5.92 Å². The molecule has 1 aliphatic heterocycles. The van der Waals surface area contributed by atoms with E-state index in [-0.39, 0.29) is 11.8 Å². The predicted molar refractivity (Wildman–Crippen MR) is 58.6 cm³/mol. The summed E-state index contributed by atoms with van der Waals surface area (Å²) in [6, 6.07) is 0. The van der Waals surface area contributed by atoms with Crippen LogP contribution in [0.3, 0.4) is 0 Å². The highest BCUT2D eigenvalue weighted by Crippen LogP contribution is 2.16. The van der Waals surface area contributed by atoms with Gasteiger partial charge in [0.2, 0.25) is 5.91 Å². The van der Waals surface area contributed by atoms with E-state index in [2.05, 4.69) is 10.2 Å². The van der Waals surface area contributed by atoms with Crippen molar-refractivity contribution in [2.75, 3.05) is 20.3 Å². The SMILES string of the molecule is CN(Cc1cn[nH]c1)C(=O)C1CCCOC1. The molecule has 16 heavy (non-hydrogen) atoms. The van der Waals surface area contributed by atoms with E-state index >= 15 is 0 Å². The molecule has 0 saturated carbocycles. The van der Waals surface area contributed by atoms with Crippen molar-refractivity contribution in [1.29, 1.82) is 0 Å². The Labute approximate surface area is 94.8 Å². The van der Waals surface area contributed by atoms with Gasteiger partial charge in [-0.1, -0.05) is 0 Å². The van der Waals surface area contributed by atoms with Gasteiger partial charge in [0.05, 0.1) is 18.7 Å². The summed E-state index contributed by atoms with van der Waals surface area (Å²) in [7, 11) is 1.82. The highest BCUT2D eigenvalue weighted by molar-refractivity contribution is 5.78. The summed E-state index contributed by atoms with van der Waals surface area (Å²) in [6.07, 6.45) is 5.47. The fourth-order valence-corrected chi connectivity index (χ4v) is 1.96. The van der Waals surface area contributed by atoms with Crippen LogP contribution in [0.4, 0.5) is 0 Å². The number of carbonyl (C=O) groups is 1. The molecule has 1 amide bonds. The maximum Gasteiger partial charge on any atom is 0.228 e. The molecular weight excluding hydrogens is 206 g/mol.